The largest absolute Gasteiger partial charge is 0.379 e. The minimum atomic E-state index is 0.838. The molecular weight excluding hydrogens is 286 g/mol. The Labute approximate surface area is 136 Å². The molecule has 0 saturated carbocycles. The van der Waals surface area contributed by atoms with Gasteiger partial charge in [-0.15, -0.1) is 0 Å². The van der Waals surface area contributed by atoms with Crippen molar-refractivity contribution in [1.29, 1.82) is 0 Å². The zero-order valence-electron chi connectivity index (χ0n) is 13.4. The summed E-state index contributed by atoms with van der Waals surface area (Å²) < 4.78 is 7.59. The number of aryl methyl sites for hydroxylation is 1. The van der Waals surface area contributed by atoms with Gasteiger partial charge in [-0.25, -0.2) is 4.98 Å². The molecule has 1 fully saturated rings. The standard InChI is InChI=1S/C19H21N3O/c1-15-5-6-19-18(11-15)20-14-22(19)17-4-2-3-16(12-17)13-21-7-9-23-10-8-21/h2-6,11-12,14H,7-10,13H2,1H3. The highest BCUT2D eigenvalue weighted by Gasteiger charge is 2.11. The van der Waals surface area contributed by atoms with Gasteiger partial charge in [-0.2, -0.15) is 0 Å². The van der Waals surface area contributed by atoms with Gasteiger partial charge < -0.3 is 4.74 Å². The maximum absolute atomic E-state index is 5.42. The number of morpholine rings is 1. The van der Waals surface area contributed by atoms with E-state index in [4.69, 9.17) is 4.74 Å². The summed E-state index contributed by atoms with van der Waals surface area (Å²) in [6.07, 6.45) is 1.91. The number of nitrogens with zero attached hydrogens (tertiary/aromatic N) is 3. The Balaban J connectivity index is 1.64. The lowest BCUT2D eigenvalue weighted by Crippen LogP contribution is -2.35. The lowest BCUT2D eigenvalue weighted by molar-refractivity contribution is 0.0342. The Kier molecular flexibility index (Phi) is 3.85. The normalized spacial score (nSPS) is 16.0. The van der Waals surface area contributed by atoms with Crippen LogP contribution in [-0.4, -0.2) is 40.8 Å². The number of aromatic nitrogens is 2. The quantitative estimate of drug-likeness (QED) is 0.744. The maximum atomic E-state index is 5.42. The van der Waals surface area contributed by atoms with Gasteiger partial charge in [0, 0.05) is 25.3 Å². The predicted octanol–water partition coefficient (Wildman–Crippen LogP) is 3.17. The van der Waals surface area contributed by atoms with E-state index in [1.54, 1.807) is 0 Å². The Hall–Kier alpha value is -2.17. The van der Waals surface area contributed by atoms with E-state index in [2.05, 4.69) is 63.8 Å². The molecule has 1 saturated heterocycles. The second kappa shape index (κ2) is 6.14. The molecule has 0 N–H and O–H groups in total. The molecule has 1 aromatic heterocycles. The third kappa shape index (κ3) is 3.00. The summed E-state index contributed by atoms with van der Waals surface area (Å²) in [4.78, 5) is 6.98. The number of ether oxygens (including phenoxy) is 1. The van der Waals surface area contributed by atoms with E-state index in [0.29, 0.717) is 0 Å². The molecule has 0 bridgehead atoms. The number of benzene rings is 2. The first-order valence-electron chi connectivity index (χ1n) is 8.13. The van der Waals surface area contributed by atoms with Gasteiger partial charge in [0.15, 0.2) is 0 Å². The van der Waals surface area contributed by atoms with E-state index < -0.39 is 0 Å². The van der Waals surface area contributed by atoms with Crippen LogP contribution < -0.4 is 0 Å². The molecule has 0 amide bonds. The molecule has 1 aliphatic rings. The van der Waals surface area contributed by atoms with Gasteiger partial charge >= 0.3 is 0 Å². The summed E-state index contributed by atoms with van der Waals surface area (Å²) in [5.41, 5.74) is 5.94. The Morgan fingerprint density at radius 2 is 1.96 bits per heavy atom. The first-order chi connectivity index (χ1) is 11.3. The van der Waals surface area contributed by atoms with Crippen molar-refractivity contribution in [2.45, 2.75) is 13.5 Å². The highest BCUT2D eigenvalue weighted by molar-refractivity contribution is 5.78. The zero-order chi connectivity index (χ0) is 15.6. The van der Waals surface area contributed by atoms with Gasteiger partial charge in [0.1, 0.15) is 6.33 Å². The van der Waals surface area contributed by atoms with Gasteiger partial charge in [0.25, 0.3) is 0 Å². The van der Waals surface area contributed by atoms with Crippen molar-refractivity contribution in [2.75, 3.05) is 26.3 Å². The molecule has 4 nitrogen and oxygen atoms in total. The topological polar surface area (TPSA) is 30.3 Å². The van der Waals surface area contributed by atoms with Crippen molar-refractivity contribution < 1.29 is 4.74 Å². The van der Waals surface area contributed by atoms with Crippen LogP contribution in [0.5, 0.6) is 0 Å². The van der Waals surface area contributed by atoms with Gasteiger partial charge in [-0.1, -0.05) is 18.2 Å². The van der Waals surface area contributed by atoms with Crippen LogP contribution in [0.1, 0.15) is 11.1 Å². The van der Waals surface area contributed by atoms with Crippen LogP contribution in [0.2, 0.25) is 0 Å². The number of hydrogen-bond acceptors (Lipinski definition) is 3. The lowest BCUT2D eigenvalue weighted by Gasteiger charge is -2.26. The summed E-state index contributed by atoms with van der Waals surface area (Å²) in [5.74, 6) is 0. The first-order valence-corrected chi connectivity index (χ1v) is 8.13. The summed E-state index contributed by atoms with van der Waals surface area (Å²) >= 11 is 0. The average Bonchev–Trinajstić information content (AvgIpc) is 2.99. The van der Waals surface area contributed by atoms with Gasteiger partial charge in [0.05, 0.1) is 24.2 Å². The Morgan fingerprint density at radius 1 is 1.09 bits per heavy atom. The van der Waals surface area contributed by atoms with Crippen LogP contribution in [0.25, 0.3) is 16.7 Å². The molecule has 0 aliphatic carbocycles. The van der Waals surface area contributed by atoms with Crippen LogP contribution in [0.15, 0.2) is 48.8 Å². The molecule has 2 heterocycles. The lowest BCUT2D eigenvalue weighted by atomic mass is 10.1. The van der Waals surface area contributed by atoms with Crippen molar-refractivity contribution in [1.82, 2.24) is 14.5 Å². The second-order valence-electron chi connectivity index (χ2n) is 6.17. The maximum Gasteiger partial charge on any atom is 0.100 e. The molecule has 0 radical (unpaired) electrons. The predicted molar refractivity (Wildman–Crippen MR) is 91.9 cm³/mol. The van der Waals surface area contributed by atoms with Crippen molar-refractivity contribution in [3.8, 4) is 5.69 Å². The molecular formula is C19H21N3O. The third-order valence-corrected chi connectivity index (χ3v) is 4.40. The molecule has 3 aromatic rings. The zero-order valence-corrected chi connectivity index (χ0v) is 13.4. The number of hydrogen-bond donors (Lipinski definition) is 0. The van der Waals surface area contributed by atoms with E-state index in [1.807, 2.05) is 6.33 Å². The van der Waals surface area contributed by atoms with E-state index in [9.17, 15) is 0 Å². The molecule has 0 unspecified atom stereocenters. The van der Waals surface area contributed by atoms with Crippen LogP contribution in [0.4, 0.5) is 0 Å². The Bertz CT molecular complexity index is 818. The molecule has 0 atom stereocenters. The van der Waals surface area contributed by atoms with E-state index in [1.165, 1.54) is 16.8 Å². The monoisotopic (exact) mass is 307 g/mol. The molecule has 118 valence electrons. The minimum absolute atomic E-state index is 0.838. The van der Waals surface area contributed by atoms with E-state index in [0.717, 1.165) is 43.9 Å². The van der Waals surface area contributed by atoms with Crippen molar-refractivity contribution in [3.63, 3.8) is 0 Å². The first kappa shape index (κ1) is 14.4. The van der Waals surface area contributed by atoms with Crippen LogP contribution >= 0.6 is 0 Å². The average molecular weight is 307 g/mol. The molecule has 23 heavy (non-hydrogen) atoms. The fourth-order valence-electron chi connectivity index (χ4n) is 3.15. The van der Waals surface area contributed by atoms with Gasteiger partial charge in [0.2, 0.25) is 0 Å². The summed E-state index contributed by atoms with van der Waals surface area (Å²) in [7, 11) is 0. The summed E-state index contributed by atoms with van der Waals surface area (Å²) in [6.45, 7) is 6.77. The highest BCUT2D eigenvalue weighted by atomic mass is 16.5. The molecule has 1 aliphatic heterocycles. The van der Waals surface area contributed by atoms with Gasteiger partial charge in [-0.05, 0) is 42.3 Å². The molecule has 2 aromatic carbocycles. The van der Waals surface area contributed by atoms with Crippen molar-refractivity contribution >= 4 is 11.0 Å². The summed E-state index contributed by atoms with van der Waals surface area (Å²) in [5, 5.41) is 0. The third-order valence-electron chi connectivity index (χ3n) is 4.40. The van der Waals surface area contributed by atoms with Crippen molar-refractivity contribution in [3.05, 3.63) is 59.9 Å². The van der Waals surface area contributed by atoms with Gasteiger partial charge in [-0.3, -0.25) is 9.47 Å². The minimum Gasteiger partial charge on any atom is -0.379 e. The molecule has 4 rings (SSSR count). The summed E-state index contributed by atoms with van der Waals surface area (Å²) in [6, 6.07) is 15.1. The number of imidazole rings is 1. The molecule has 0 spiro atoms. The highest BCUT2D eigenvalue weighted by Crippen LogP contribution is 2.20. The molecule has 4 heteroatoms. The number of fused-ring (bicyclic) bond motifs is 1. The van der Waals surface area contributed by atoms with Crippen LogP contribution in [0, 0.1) is 6.92 Å². The van der Waals surface area contributed by atoms with Crippen molar-refractivity contribution in [2.24, 2.45) is 0 Å². The number of rotatable bonds is 3. The van der Waals surface area contributed by atoms with Crippen LogP contribution in [-0.2, 0) is 11.3 Å². The Morgan fingerprint density at radius 3 is 2.83 bits per heavy atom. The second-order valence-corrected chi connectivity index (χ2v) is 6.17. The SMILES string of the molecule is Cc1ccc2c(c1)ncn2-c1cccc(CN2CCOCC2)c1. The fourth-order valence-corrected chi connectivity index (χ4v) is 3.15. The van der Waals surface area contributed by atoms with E-state index >= 15 is 0 Å². The van der Waals surface area contributed by atoms with E-state index in [-0.39, 0.29) is 0 Å². The van der Waals surface area contributed by atoms with Crippen LogP contribution in [0.3, 0.4) is 0 Å². The smallest absolute Gasteiger partial charge is 0.100 e. The fraction of sp³-hybridized carbons (Fsp3) is 0.316.